The van der Waals surface area contributed by atoms with Gasteiger partial charge in [0.25, 0.3) is 5.91 Å². The summed E-state index contributed by atoms with van der Waals surface area (Å²) in [5.41, 5.74) is 5.52. The number of hydrogen-bond donors (Lipinski definition) is 2. The minimum absolute atomic E-state index is 0.160. The Kier molecular flexibility index (Phi) is 7.28. The molecule has 2 amide bonds. The minimum atomic E-state index is -0.464. The van der Waals surface area contributed by atoms with Gasteiger partial charge in [0, 0.05) is 4.47 Å². The van der Waals surface area contributed by atoms with E-state index in [1.807, 2.05) is 37.3 Å². The highest BCUT2D eigenvalue weighted by atomic mass is 79.9. The van der Waals surface area contributed by atoms with Gasteiger partial charge in [-0.1, -0.05) is 40.2 Å². The number of hydrazine groups is 1. The maximum absolute atomic E-state index is 11.8. The summed E-state index contributed by atoms with van der Waals surface area (Å²) in [5, 5.41) is 0. The molecular formula is C18H19BrN2O4. The Morgan fingerprint density at radius 3 is 2.32 bits per heavy atom. The smallest absolute Gasteiger partial charge is 0.276 e. The van der Waals surface area contributed by atoms with Crippen LogP contribution < -0.4 is 20.3 Å². The molecule has 0 saturated heterocycles. The van der Waals surface area contributed by atoms with E-state index in [1.165, 1.54) is 0 Å². The van der Waals surface area contributed by atoms with Crippen molar-refractivity contribution in [1.82, 2.24) is 10.9 Å². The number of ether oxygens (including phenoxy) is 2. The molecule has 25 heavy (non-hydrogen) atoms. The number of benzene rings is 2. The normalized spacial score (nSPS) is 10.0. The summed E-state index contributed by atoms with van der Waals surface area (Å²) in [5.74, 6) is 0.256. The third-order valence-electron chi connectivity index (χ3n) is 3.10. The monoisotopic (exact) mass is 406 g/mol. The molecule has 2 aromatic carbocycles. The second kappa shape index (κ2) is 9.68. The van der Waals surface area contributed by atoms with Crippen LogP contribution in [-0.4, -0.2) is 25.0 Å². The Labute approximate surface area is 154 Å². The van der Waals surface area contributed by atoms with Crippen molar-refractivity contribution in [3.63, 3.8) is 0 Å². The van der Waals surface area contributed by atoms with Gasteiger partial charge in [-0.05, 0) is 36.8 Å². The van der Waals surface area contributed by atoms with Crippen molar-refractivity contribution in [3.8, 4) is 11.5 Å². The Balaban J connectivity index is 1.76. The van der Waals surface area contributed by atoms with E-state index < -0.39 is 5.91 Å². The molecule has 0 spiro atoms. The fourth-order valence-corrected chi connectivity index (χ4v) is 2.49. The molecule has 0 saturated carbocycles. The van der Waals surface area contributed by atoms with Gasteiger partial charge in [0.1, 0.15) is 0 Å². The zero-order valence-corrected chi connectivity index (χ0v) is 15.3. The van der Waals surface area contributed by atoms with Gasteiger partial charge in [-0.2, -0.15) is 0 Å². The molecule has 0 unspecified atom stereocenters. The molecule has 6 nitrogen and oxygen atoms in total. The molecule has 132 valence electrons. The Bertz CT molecular complexity index is 737. The third-order valence-corrected chi connectivity index (χ3v) is 3.60. The van der Waals surface area contributed by atoms with Crippen LogP contribution in [0.15, 0.2) is 53.0 Å². The van der Waals surface area contributed by atoms with Crippen LogP contribution in [0.2, 0.25) is 0 Å². The van der Waals surface area contributed by atoms with Crippen LogP contribution >= 0.6 is 15.9 Å². The molecule has 0 heterocycles. The Morgan fingerprint density at radius 2 is 1.64 bits per heavy atom. The van der Waals surface area contributed by atoms with Crippen molar-refractivity contribution >= 4 is 27.7 Å². The van der Waals surface area contributed by atoms with Gasteiger partial charge in [0.2, 0.25) is 5.91 Å². The number of carbonyl (C=O) groups excluding carboxylic acids is 2. The molecule has 7 heteroatoms. The standard InChI is InChI=1S/C18H19BrN2O4/c1-2-24-15-8-3-4-9-16(15)25-12-18(23)21-20-17(22)11-13-6-5-7-14(19)10-13/h3-10H,2,11-12H2,1H3,(H,20,22)(H,21,23). The number of hydrogen-bond acceptors (Lipinski definition) is 4. The first kappa shape index (κ1) is 18.8. The molecular weight excluding hydrogens is 388 g/mol. The topological polar surface area (TPSA) is 76.7 Å². The first-order chi connectivity index (χ1) is 12.1. The minimum Gasteiger partial charge on any atom is -0.490 e. The van der Waals surface area contributed by atoms with Crippen LogP contribution in [0.4, 0.5) is 0 Å². The predicted octanol–water partition coefficient (Wildman–Crippen LogP) is 2.62. The van der Waals surface area contributed by atoms with Gasteiger partial charge < -0.3 is 9.47 Å². The number of nitrogens with one attached hydrogen (secondary N) is 2. The average molecular weight is 407 g/mol. The second-order valence-corrected chi connectivity index (χ2v) is 5.99. The van der Waals surface area contributed by atoms with E-state index in [4.69, 9.17) is 9.47 Å². The van der Waals surface area contributed by atoms with E-state index in [0.29, 0.717) is 18.1 Å². The van der Waals surface area contributed by atoms with Gasteiger partial charge in [-0.25, -0.2) is 0 Å². The summed E-state index contributed by atoms with van der Waals surface area (Å²) in [6.45, 7) is 2.13. The number of rotatable bonds is 7. The lowest BCUT2D eigenvalue weighted by Gasteiger charge is -2.12. The van der Waals surface area contributed by atoms with Crippen LogP contribution in [0.5, 0.6) is 11.5 Å². The maximum atomic E-state index is 11.8. The first-order valence-electron chi connectivity index (χ1n) is 7.75. The Morgan fingerprint density at radius 1 is 0.960 bits per heavy atom. The predicted molar refractivity (Wildman–Crippen MR) is 97.2 cm³/mol. The van der Waals surface area contributed by atoms with E-state index in [9.17, 15) is 9.59 Å². The zero-order chi connectivity index (χ0) is 18.1. The summed E-state index contributed by atoms with van der Waals surface area (Å²) in [6.07, 6.45) is 0.160. The molecule has 0 fully saturated rings. The number of halogens is 1. The molecule has 0 aliphatic rings. The fraction of sp³-hybridized carbons (Fsp3) is 0.222. The van der Waals surface area contributed by atoms with Crippen LogP contribution in [0.1, 0.15) is 12.5 Å². The molecule has 0 atom stereocenters. The van der Waals surface area contributed by atoms with Crippen molar-refractivity contribution in [2.24, 2.45) is 0 Å². The van der Waals surface area contributed by atoms with Crippen molar-refractivity contribution in [2.45, 2.75) is 13.3 Å². The lowest BCUT2D eigenvalue weighted by molar-refractivity contribution is -0.129. The van der Waals surface area contributed by atoms with Crippen molar-refractivity contribution in [1.29, 1.82) is 0 Å². The van der Waals surface area contributed by atoms with Crippen molar-refractivity contribution < 1.29 is 19.1 Å². The molecule has 0 bridgehead atoms. The summed E-state index contributed by atoms with van der Waals surface area (Å²) in [4.78, 5) is 23.6. The van der Waals surface area contributed by atoms with Crippen molar-refractivity contribution in [3.05, 3.63) is 58.6 Å². The molecule has 2 rings (SSSR count). The van der Waals surface area contributed by atoms with Crippen LogP contribution in [0.25, 0.3) is 0 Å². The molecule has 2 aromatic rings. The van der Waals surface area contributed by atoms with Crippen LogP contribution in [-0.2, 0) is 16.0 Å². The Hall–Kier alpha value is -2.54. The third kappa shape index (κ3) is 6.46. The van der Waals surface area contributed by atoms with Crippen LogP contribution in [0.3, 0.4) is 0 Å². The fourth-order valence-electron chi connectivity index (χ4n) is 2.04. The summed E-state index contributed by atoms with van der Waals surface area (Å²) in [7, 11) is 0. The van der Waals surface area contributed by atoms with Crippen molar-refractivity contribution in [2.75, 3.05) is 13.2 Å². The molecule has 0 aliphatic heterocycles. The molecule has 0 aliphatic carbocycles. The van der Waals surface area contributed by atoms with E-state index in [-0.39, 0.29) is 18.9 Å². The lowest BCUT2D eigenvalue weighted by Crippen LogP contribution is -2.44. The zero-order valence-electron chi connectivity index (χ0n) is 13.8. The SMILES string of the molecule is CCOc1ccccc1OCC(=O)NNC(=O)Cc1cccc(Br)c1. The number of carbonyl (C=O) groups is 2. The quantitative estimate of drug-likeness (QED) is 0.692. The van der Waals surface area contributed by atoms with Gasteiger partial charge >= 0.3 is 0 Å². The maximum Gasteiger partial charge on any atom is 0.276 e. The number of amides is 2. The first-order valence-corrected chi connectivity index (χ1v) is 8.54. The van der Waals surface area contributed by atoms with Gasteiger partial charge in [-0.15, -0.1) is 0 Å². The molecule has 0 aromatic heterocycles. The van der Waals surface area contributed by atoms with Gasteiger partial charge in [-0.3, -0.25) is 20.4 Å². The lowest BCUT2D eigenvalue weighted by atomic mass is 10.1. The van der Waals surface area contributed by atoms with Gasteiger partial charge in [0.05, 0.1) is 13.0 Å². The highest BCUT2D eigenvalue weighted by molar-refractivity contribution is 9.10. The molecule has 0 radical (unpaired) electrons. The largest absolute Gasteiger partial charge is 0.490 e. The molecule has 2 N–H and O–H groups in total. The van der Waals surface area contributed by atoms with E-state index >= 15 is 0 Å². The summed E-state index contributed by atoms with van der Waals surface area (Å²) in [6, 6.07) is 14.5. The second-order valence-electron chi connectivity index (χ2n) is 5.07. The number of para-hydroxylation sites is 2. The summed E-state index contributed by atoms with van der Waals surface area (Å²) >= 11 is 3.35. The highest BCUT2D eigenvalue weighted by Gasteiger charge is 2.09. The highest BCUT2D eigenvalue weighted by Crippen LogP contribution is 2.26. The summed E-state index contributed by atoms with van der Waals surface area (Å²) < 4.78 is 11.7. The van der Waals surface area contributed by atoms with E-state index in [2.05, 4.69) is 26.8 Å². The average Bonchev–Trinajstić information content (AvgIpc) is 2.59. The van der Waals surface area contributed by atoms with Crippen LogP contribution in [0, 0.1) is 0 Å². The van der Waals surface area contributed by atoms with E-state index in [1.54, 1.807) is 18.2 Å². The van der Waals surface area contributed by atoms with Gasteiger partial charge in [0.15, 0.2) is 18.1 Å². The van der Waals surface area contributed by atoms with E-state index in [0.717, 1.165) is 10.0 Å².